The van der Waals surface area contributed by atoms with Crippen LogP contribution >= 0.6 is 0 Å². The highest BCUT2D eigenvalue weighted by Crippen LogP contribution is 2.22. The summed E-state index contributed by atoms with van der Waals surface area (Å²) in [6.07, 6.45) is 3.05. The molecule has 0 spiro atoms. The van der Waals surface area contributed by atoms with E-state index in [1.807, 2.05) is 29.1 Å². The lowest BCUT2D eigenvalue weighted by Gasteiger charge is -2.26. The minimum atomic E-state index is 0.857. The molecule has 3 aromatic rings. The largest absolute Gasteiger partial charge is 0.379 e. The standard InChI is InChI=1S/C19H21N3O/c1-2-6-17(7-3-1)22-19-8-4-5-16(18(19)15-20-22)9-10-21-11-13-23-14-12-21/h1-8,15H,9-14H2. The van der Waals surface area contributed by atoms with Gasteiger partial charge in [-0.25, -0.2) is 4.68 Å². The Hall–Kier alpha value is -2.17. The third kappa shape index (κ3) is 3.00. The maximum Gasteiger partial charge on any atom is 0.0743 e. The van der Waals surface area contributed by atoms with Crippen LogP contribution in [0.5, 0.6) is 0 Å². The molecule has 0 aliphatic carbocycles. The normalized spacial score (nSPS) is 16.0. The zero-order valence-electron chi connectivity index (χ0n) is 13.2. The van der Waals surface area contributed by atoms with Gasteiger partial charge in [-0.15, -0.1) is 0 Å². The summed E-state index contributed by atoms with van der Waals surface area (Å²) < 4.78 is 7.44. The van der Waals surface area contributed by atoms with Crippen molar-refractivity contribution >= 4 is 10.9 Å². The third-order valence-corrected chi connectivity index (χ3v) is 4.51. The van der Waals surface area contributed by atoms with E-state index < -0.39 is 0 Å². The van der Waals surface area contributed by atoms with Gasteiger partial charge in [-0.3, -0.25) is 4.90 Å². The monoisotopic (exact) mass is 307 g/mol. The molecule has 1 aliphatic rings. The Balaban J connectivity index is 1.60. The molecule has 4 rings (SSSR count). The number of benzene rings is 2. The second kappa shape index (κ2) is 6.52. The molecule has 118 valence electrons. The lowest BCUT2D eigenvalue weighted by Crippen LogP contribution is -2.37. The van der Waals surface area contributed by atoms with E-state index in [4.69, 9.17) is 4.74 Å². The Morgan fingerprint density at radius 3 is 2.61 bits per heavy atom. The Morgan fingerprint density at radius 1 is 0.957 bits per heavy atom. The molecule has 1 aromatic heterocycles. The highest BCUT2D eigenvalue weighted by atomic mass is 16.5. The molecule has 1 saturated heterocycles. The first-order chi connectivity index (χ1) is 11.4. The maximum absolute atomic E-state index is 5.42. The molecule has 0 bridgehead atoms. The van der Waals surface area contributed by atoms with Crippen molar-refractivity contribution in [1.82, 2.24) is 14.7 Å². The zero-order valence-corrected chi connectivity index (χ0v) is 13.2. The number of aromatic nitrogens is 2. The molecule has 2 aromatic carbocycles. The van der Waals surface area contributed by atoms with Crippen LogP contribution in [0.4, 0.5) is 0 Å². The van der Waals surface area contributed by atoms with E-state index in [0.717, 1.165) is 45.0 Å². The van der Waals surface area contributed by atoms with Crippen LogP contribution < -0.4 is 0 Å². The molecule has 2 heterocycles. The van der Waals surface area contributed by atoms with Gasteiger partial charge in [0.25, 0.3) is 0 Å². The lowest BCUT2D eigenvalue weighted by molar-refractivity contribution is 0.0385. The zero-order chi connectivity index (χ0) is 15.5. The molecule has 0 saturated carbocycles. The first-order valence-corrected chi connectivity index (χ1v) is 8.23. The van der Waals surface area contributed by atoms with Crippen molar-refractivity contribution in [3.63, 3.8) is 0 Å². The number of rotatable bonds is 4. The number of morpholine rings is 1. The number of para-hydroxylation sites is 1. The van der Waals surface area contributed by atoms with E-state index in [1.165, 1.54) is 16.5 Å². The van der Waals surface area contributed by atoms with Crippen molar-refractivity contribution in [2.45, 2.75) is 6.42 Å². The molecule has 4 heteroatoms. The van der Waals surface area contributed by atoms with Crippen LogP contribution in [0.25, 0.3) is 16.6 Å². The Morgan fingerprint density at radius 2 is 1.78 bits per heavy atom. The second-order valence-electron chi connectivity index (χ2n) is 5.95. The summed E-state index contributed by atoms with van der Waals surface area (Å²) in [5, 5.41) is 5.86. The van der Waals surface area contributed by atoms with E-state index in [1.54, 1.807) is 0 Å². The van der Waals surface area contributed by atoms with Crippen molar-refractivity contribution in [3.8, 4) is 5.69 Å². The van der Waals surface area contributed by atoms with E-state index in [9.17, 15) is 0 Å². The van der Waals surface area contributed by atoms with Gasteiger partial charge in [0.15, 0.2) is 0 Å². The van der Waals surface area contributed by atoms with Gasteiger partial charge in [0, 0.05) is 25.0 Å². The number of fused-ring (bicyclic) bond motifs is 1. The average molecular weight is 307 g/mol. The van der Waals surface area contributed by atoms with Crippen molar-refractivity contribution < 1.29 is 4.74 Å². The van der Waals surface area contributed by atoms with E-state index in [2.05, 4.69) is 40.3 Å². The molecule has 0 atom stereocenters. The molecular formula is C19H21N3O. The van der Waals surface area contributed by atoms with Gasteiger partial charge >= 0.3 is 0 Å². The summed E-state index contributed by atoms with van der Waals surface area (Å²) >= 11 is 0. The second-order valence-corrected chi connectivity index (χ2v) is 5.95. The fourth-order valence-electron chi connectivity index (χ4n) is 3.21. The maximum atomic E-state index is 5.42. The minimum absolute atomic E-state index is 0.857. The van der Waals surface area contributed by atoms with Crippen molar-refractivity contribution in [1.29, 1.82) is 0 Å². The van der Waals surface area contributed by atoms with Crippen molar-refractivity contribution in [2.24, 2.45) is 0 Å². The molecule has 0 unspecified atom stereocenters. The molecule has 1 fully saturated rings. The Labute approximate surface area is 136 Å². The van der Waals surface area contributed by atoms with Gasteiger partial charge in [-0.05, 0) is 30.2 Å². The first kappa shape index (κ1) is 14.4. The van der Waals surface area contributed by atoms with Gasteiger partial charge in [-0.2, -0.15) is 5.10 Å². The smallest absolute Gasteiger partial charge is 0.0743 e. The number of hydrogen-bond donors (Lipinski definition) is 0. The summed E-state index contributed by atoms with van der Waals surface area (Å²) in [5.74, 6) is 0. The van der Waals surface area contributed by atoms with Crippen LogP contribution in [0.2, 0.25) is 0 Å². The highest BCUT2D eigenvalue weighted by molar-refractivity contribution is 5.83. The highest BCUT2D eigenvalue weighted by Gasteiger charge is 2.12. The van der Waals surface area contributed by atoms with Crippen LogP contribution in [0, 0.1) is 0 Å². The third-order valence-electron chi connectivity index (χ3n) is 4.51. The fraction of sp³-hybridized carbons (Fsp3) is 0.316. The topological polar surface area (TPSA) is 30.3 Å². The Bertz CT molecular complexity index is 776. The predicted octanol–water partition coefficient (Wildman–Crippen LogP) is 2.90. The van der Waals surface area contributed by atoms with Crippen LogP contribution in [0.1, 0.15) is 5.56 Å². The molecule has 0 amide bonds. The van der Waals surface area contributed by atoms with Crippen LogP contribution in [0.15, 0.2) is 54.7 Å². The predicted molar refractivity (Wildman–Crippen MR) is 92.0 cm³/mol. The fourth-order valence-corrected chi connectivity index (χ4v) is 3.21. The quantitative estimate of drug-likeness (QED) is 0.742. The lowest BCUT2D eigenvalue weighted by atomic mass is 10.1. The van der Waals surface area contributed by atoms with E-state index in [-0.39, 0.29) is 0 Å². The summed E-state index contributed by atoms with van der Waals surface area (Å²) in [4.78, 5) is 2.48. The first-order valence-electron chi connectivity index (χ1n) is 8.23. The van der Waals surface area contributed by atoms with Gasteiger partial charge in [-0.1, -0.05) is 30.3 Å². The summed E-state index contributed by atoms with van der Waals surface area (Å²) in [7, 11) is 0. The number of nitrogens with zero attached hydrogens (tertiary/aromatic N) is 3. The molecular weight excluding hydrogens is 286 g/mol. The van der Waals surface area contributed by atoms with Gasteiger partial charge in [0.1, 0.15) is 0 Å². The summed E-state index contributed by atoms with van der Waals surface area (Å²) in [5.41, 5.74) is 3.65. The Kier molecular flexibility index (Phi) is 4.09. The molecule has 23 heavy (non-hydrogen) atoms. The van der Waals surface area contributed by atoms with E-state index in [0.29, 0.717) is 0 Å². The van der Waals surface area contributed by atoms with Gasteiger partial charge < -0.3 is 4.74 Å². The average Bonchev–Trinajstić information content (AvgIpc) is 3.06. The number of hydrogen-bond acceptors (Lipinski definition) is 3. The minimum Gasteiger partial charge on any atom is -0.379 e. The van der Waals surface area contributed by atoms with Gasteiger partial charge in [0.05, 0.1) is 30.6 Å². The van der Waals surface area contributed by atoms with Crippen molar-refractivity contribution in [3.05, 3.63) is 60.3 Å². The van der Waals surface area contributed by atoms with Crippen LogP contribution in [-0.2, 0) is 11.2 Å². The van der Waals surface area contributed by atoms with E-state index >= 15 is 0 Å². The molecule has 4 nitrogen and oxygen atoms in total. The molecule has 0 N–H and O–H groups in total. The summed E-state index contributed by atoms with van der Waals surface area (Å²) in [6.45, 7) is 4.88. The SMILES string of the molecule is c1ccc(-n2ncc3c(CCN4CCOCC4)cccc32)cc1. The van der Waals surface area contributed by atoms with Crippen LogP contribution in [-0.4, -0.2) is 47.5 Å². The van der Waals surface area contributed by atoms with Crippen molar-refractivity contribution in [2.75, 3.05) is 32.8 Å². The molecule has 1 aliphatic heterocycles. The number of ether oxygens (including phenoxy) is 1. The van der Waals surface area contributed by atoms with Crippen LogP contribution in [0.3, 0.4) is 0 Å². The molecule has 0 radical (unpaired) electrons. The summed E-state index contributed by atoms with van der Waals surface area (Å²) in [6, 6.07) is 16.8. The van der Waals surface area contributed by atoms with Gasteiger partial charge in [0.2, 0.25) is 0 Å².